The largest absolute Gasteiger partial charge is 0.481 e. The molecule has 1 aliphatic rings. The Morgan fingerprint density at radius 3 is 2.28 bits per heavy atom. The summed E-state index contributed by atoms with van der Waals surface area (Å²) in [6.45, 7) is 8.15. The van der Waals surface area contributed by atoms with E-state index in [0.29, 0.717) is 0 Å². The third-order valence-electron chi connectivity index (χ3n) is 6.17. The van der Waals surface area contributed by atoms with E-state index >= 15 is 0 Å². The average Bonchev–Trinajstić information content (AvgIpc) is 2.73. The zero-order valence-corrected chi connectivity index (χ0v) is 17.3. The van der Waals surface area contributed by atoms with Crippen molar-refractivity contribution in [3.8, 4) is 11.1 Å². The van der Waals surface area contributed by atoms with Crippen LogP contribution in [-0.2, 0) is 24.2 Å². The standard InChI is InChI=1S/C26H27NO2/c1-17-9-11-20(12-10-17)26-19(3)24-16-27(21-7-5-4-6-8-21)14-13-22(24)18(2)23(26)15-25(28)29/h4-12H,13-16H2,1-3H3,(H,28,29). The van der Waals surface area contributed by atoms with Gasteiger partial charge in [-0.1, -0.05) is 48.0 Å². The van der Waals surface area contributed by atoms with Crippen LogP contribution in [0.2, 0.25) is 0 Å². The first-order valence-electron chi connectivity index (χ1n) is 10.2. The predicted molar refractivity (Wildman–Crippen MR) is 119 cm³/mol. The van der Waals surface area contributed by atoms with Gasteiger partial charge >= 0.3 is 5.97 Å². The minimum Gasteiger partial charge on any atom is -0.481 e. The van der Waals surface area contributed by atoms with Gasteiger partial charge in [0, 0.05) is 18.8 Å². The topological polar surface area (TPSA) is 40.5 Å². The normalized spacial score (nSPS) is 13.3. The average molecular weight is 386 g/mol. The Balaban J connectivity index is 1.88. The number of benzene rings is 3. The molecule has 0 atom stereocenters. The summed E-state index contributed by atoms with van der Waals surface area (Å²) in [5.74, 6) is -0.775. The van der Waals surface area contributed by atoms with Crippen LogP contribution in [0.1, 0.15) is 33.4 Å². The summed E-state index contributed by atoms with van der Waals surface area (Å²) in [5, 5.41) is 9.58. The van der Waals surface area contributed by atoms with E-state index < -0.39 is 5.97 Å². The lowest BCUT2D eigenvalue weighted by Crippen LogP contribution is -2.32. The molecule has 0 aromatic heterocycles. The Bertz CT molecular complexity index is 1050. The maximum Gasteiger partial charge on any atom is 0.307 e. The summed E-state index contributed by atoms with van der Waals surface area (Å²) in [4.78, 5) is 14.1. The van der Waals surface area contributed by atoms with Crippen molar-refractivity contribution >= 4 is 11.7 Å². The van der Waals surface area contributed by atoms with Crippen molar-refractivity contribution in [3.63, 3.8) is 0 Å². The lowest BCUT2D eigenvalue weighted by Gasteiger charge is -2.34. The number of carbonyl (C=O) groups is 1. The van der Waals surface area contributed by atoms with Gasteiger partial charge < -0.3 is 10.0 Å². The minimum absolute atomic E-state index is 0.0611. The van der Waals surface area contributed by atoms with Crippen LogP contribution in [0.4, 0.5) is 5.69 Å². The fourth-order valence-corrected chi connectivity index (χ4v) is 4.61. The second-order valence-corrected chi connectivity index (χ2v) is 8.00. The molecule has 0 amide bonds. The maximum absolute atomic E-state index is 11.7. The number of rotatable bonds is 4. The highest BCUT2D eigenvalue weighted by molar-refractivity contribution is 5.81. The zero-order chi connectivity index (χ0) is 20.5. The lowest BCUT2D eigenvalue weighted by atomic mass is 9.81. The SMILES string of the molecule is Cc1ccc(-c2c(C)c3c(c(C)c2CC(=O)O)CCN(c2ccccc2)C3)cc1. The number of carboxylic acids is 1. The molecule has 0 unspecified atom stereocenters. The van der Waals surface area contributed by atoms with Gasteiger partial charge in [-0.25, -0.2) is 0 Å². The second-order valence-electron chi connectivity index (χ2n) is 8.00. The van der Waals surface area contributed by atoms with E-state index in [1.165, 1.54) is 27.9 Å². The Morgan fingerprint density at radius 1 is 0.931 bits per heavy atom. The summed E-state index contributed by atoms with van der Waals surface area (Å²) in [5.41, 5.74) is 10.7. The maximum atomic E-state index is 11.7. The fraction of sp³-hybridized carbons (Fsp3) is 0.269. The van der Waals surface area contributed by atoms with E-state index in [4.69, 9.17) is 0 Å². The van der Waals surface area contributed by atoms with Crippen molar-refractivity contribution in [2.24, 2.45) is 0 Å². The molecule has 1 aliphatic heterocycles. The van der Waals surface area contributed by atoms with Gasteiger partial charge in [-0.05, 0) is 78.3 Å². The zero-order valence-electron chi connectivity index (χ0n) is 17.3. The molecule has 0 saturated carbocycles. The Kier molecular flexibility index (Phi) is 5.14. The molecule has 1 heterocycles. The van der Waals surface area contributed by atoms with Crippen molar-refractivity contribution in [3.05, 3.63) is 88.0 Å². The summed E-state index contributed by atoms with van der Waals surface area (Å²) in [7, 11) is 0. The number of para-hydroxylation sites is 1. The Hall–Kier alpha value is -3.07. The van der Waals surface area contributed by atoms with Crippen molar-refractivity contribution in [1.29, 1.82) is 0 Å². The van der Waals surface area contributed by atoms with Crippen LogP contribution in [0, 0.1) is 20.8 Å². The van der Waals surface area contributed by atoms with Crippen molar-refractivity contribution in [2.45, 2.75) is 40.2 Å². The quantitative estimate of drug-likeness (QED) is 0.647. The number of aliphatic carboxylic acids is 1. The molecule has 0 fully saturated rings. The number of hydrogen-bond donors (Lipinski definition) is 1. The highest BCUT2D eigenvalue weighted by atomic mass is 16.4. The molecule has 3 aromatic rings. The summed E-state index contributed by atoms with van der Waals surface area (Å²) in [6, 6.07) is 19.0. The van der Waals surface area contributed by atoms with E-state index in [-0.39, 0.29) is 6.42 Å². The number of nitrogens with zero attached hydrogens (tertiary/aromatic N) is 1. The number of carboxylic acid groups (broad SMARTS) is 1. The van der Waals surface area contributed by atoms with Crippen molar-refractivity contribution in [2.75, 3.05) is 11.4 Å². The van der Waals surface area contributed by atoms with Crippen molar-refractivity contribution in [1.82, 2.24) is 0 Å². The molecule has 3 nitrogen and oxygen atoms in total. The van der Waals surface area contributed by atoms with Crippen LogP contribution in [0.15, 0.2) is 54.6 Å². The van der Waals surface area contributed by atoms with Gasteiger partial charge in [0.1, 0.15) is 0 Å². The van der Waals surface area contributed by atoms with Crippen molar-refractivity contribution < 1.29 is 9.90 Å². The summed E-state index contributed by atoms with van der Waals surface area (Å²) >= 11 is 0. The first kappa shape index (κ1) is 19.3. The van der Waals surface area contributed by atoms with Gasteiger partial charge in [-0.2, -0.15) is 0 Å². The molecule has 0 radical (unpaired) electrons. The van der Waals surface area contributed by atoms with Crippen LogP contribution in [0.3, 0.4) is 0 Å². The molecule has 1 N–H and O–H groups in total. The number of hydrogen-bond acceptors (Lipinski definition) is 2. The molecule has 4 rings (SSSR count). The van der Waals surface area contributed by atoms with E-state index in [1.807, 2.05) is 6.07 Å². The van der Waals surface area contributed by atoms with Gasteiger partial charge in [0.05, 0.1) is 6.42 Å². The van der Waals surface area contributed by atoms with Gasteiger partial charge in [0.25, 0.3) is 0 Å². The van der Waals surface area contributed by atoms with Crippen LogP contribution in [-0.4, -0.2) is 17.6 Å². The first-order chi connectivity index (χ1) is 14.0. The van der Waals surface area contributed by atoms with Gasteiger partial charge in [0.2, 0.25) is 0 Å². The van der Waals surface area contributed by atoms with Crippen LogP contribution in [0.5, 0.6) is 0 Å². The van der Waals surface area contributed by atoms with E-state index in [2.05, 4.69) is 74.2 Å². The third-order valence-corrected chi connectivity index (χ3v) is 6.17. The third kappa shape index (κ3) is 3.65. The highest BCUT2D eigenvalue weighted by Crippen LogP contribution is 2.38. The number of aryl methyl sites for hydroxylation is 1. The lowest BCUT2D eigenvalue weighted by molar-refractivity contribution is -0.136. The summed E-state index contributed by atoms with van der Waals surface area (Å²) in [6.07, 6.45) is 1.00. The Morgan fingerprint density at radius 2 is 1.62 bits per heavy atom. The van der Waals surface area contributed by atoms with Crippen LogP contribution >= 0.6 is 0 Å². The molecule has 3 heteroatoms. The molecular formula is C26H27NO2. The molecule has 0 bridgehead atoms. The highest BCUT2D eigenvalue weighted by Gasteiger charge is 2.26. The molecule has 148 valence electrons. The predicted octanol–water partition coefficient (Wildman–Crippen LogP) is 5.47. The molecule has 3 aromatic carbocycles. The first-order valence-corrected chi connectivity index (χ1v) is 10.2. The van der Waals surface area contributed by atoms with E-state index in [1.54, 1.807) is 0 Å². The van der Waals surface area contributed by atoms with Crippen LogP contribution < -0.4 is 4.90 Å². The second kappa shape index (κ2) is 7.75. The van der Waals surface area contributed by atoms with E-state index in [0.717, 1.165) is 41.8 Å². The number of anilines is 1. The fourth-order valence-electron chi connectivity index (χ4n) is 4.61. The summed E-state index contributed by atoms with van der Waals surface area (Å²) < 4.78 is 0. The van der Waals surface area contributed by atoms with Gasteiger partial charge in [-0.3, -0.25) is 4.79 Å². The smallest absolute Gasteiger partial charge is 0.307 e. The Labute approximate surface area is 172 Å². The van der Waals surface area contributed by atoms with Gasteiger partial charge in [-0.15, -0.1) is 0 Å². The minimum atomic E-state index is -0.775. The molecule has 29 heavy (non-hydrogen) atoms. The number of fused-ring (bicyclic) bond motifs is 1. The van der Waals surface area contributed by atoms with Crippen LogP contribution in [0.25, 0.3) is 11.1 Å². The molecule has 0 saturated heterocycles. The molecule has 0 spiro atoms. The molecule has 0 aliphatic carbocycles. The molecular weight excluding hydrogens is 358 g/mol. The van der Waals surface area contributed by atoms with Gasteiger partial charge in [0.15, 0.2) is 0 Å². The van der Waals surface area contributed by atoms with E-state index in [9.17, 15) is 9.90 Å². The monoisotopic (exact) mass is 385 g/mol.